The van der Waals surface area contributed by atoms with Gasteiger partial charge in [0.25, 0.3) is 11.8 Å². The van der Waals surface area contributed by atoms with Gasteiger partial charge in [0.15, 0.2) is 0 Å². The van der Waals surface area contributed by atoms with Crippen LogP contribution in [-0.2, 0) is 6.54 Å². The molecule has 1 aromatic heterocycles. The molecule has 22 heavy (non-hydrogen) atoms. The van der Waals surface area contributed by atoms with Crippen LogP contribution in [0.2, 0.25) is 0 Å². The fourth-order valence-electron chi connectivity index (χ4n) is 2.58. The maximum Gasteiger partial charge on any atom is 0.253 e. The summed E-state index contributed by atoms with van der Waals surface area (Å²) < 4.78 is 5.17. The van der Waals surface area contributed by atoms with Crippen molar-refractivity contribution in [2.45, 2.75) is 19.4 Å². The second-order valence-corrected chi connectivity index (χ2v) is 5.34. The lowest BCUT2D eigenvalue weighted by Crippen LogP contribution is -2.28. The van der Waals surface area contributed by atoms with E-state index in [1.165, 1.54) is 0 Å². The van der Waals surface area contributed by atoms with Crippen LogP contribution in [0.25, 0.3) is 0 Å². The van der Waals surface area contributed by atoms with Crippen LogP contribution in [0.3, 0.4) is 0 Å². The van der Waals surface area contributed by atoms with Gasteiger partial charge in [-0.15, -0.1) is 0 Å². The van der Waals surface area contributed by atoms with Crippen molar-refractivity contribution in [1.82, 2.24) is 10.2 Å². The zero-order valence-corrected chi connectivity index (χ0v) is 12.2. The molecule has 1 saturated heterocycles. The molecular weight excluding hydrogens is 280 g/mol. The van der Waals surface area contributed by atoms with Crippen LogP contribution in [0.4, 0.5) is 0 Å². The van der Waals surface area contributed by atoms with Crippen molar-refractivity contribution >= 4 is 11.8 Å². The Hall–Kier alpha value is -2.56. The molecule has 5 heteroatoms. The largest absolute Gasteiger partial charge is 0.467 e. The van der Waals surface area contributed by atoms with E-state index < -0.39 is 0 Å². The van der Waals surface area contributed by atoms with Crippen molar-refractivity contribution in [3.63, 3.8) is 0 Å². The number of amides is 2. The van der Waals surface area contributed by atoms with E-state index in [9.17, 15) is 9.59 Å². The lowest BCUT2D eigenvalue weighted by molar-refractivity contribution is 0.0793. The molecule has 0 bridgehead atoms. The molecule has 0 aliphatic carbocycles. The van der Waals surface area contributed by atoms with Gasteiger partial charge in [0.2, 0.25) is 0 Å². The van der Waals surface area contributed by atoms with E-state index in [1.54, 1.807) is 42.7 Å². The Morgan fingerprint density at radius 2 is 1.86 bits per heavy atom. The second kappa shape index (κ2) is 6.47. The normalized spacial score (nSPS) is 14.1. The number of hydrogen-bond donors (Lipinski definition) is 1. The minimum absolute atomic E-state index is 0.00168. The molecule has 0 radical (unpaired) electrons. The number of nitrogens with zero attached hydrogens (tertiary/aromatic N) is 1. The Morgan fingerprint density at radius 1 is 1.09 bits per heavy atom. The Balaban J connectivity index is 1.67. The number of benzene rings is 1. The molecule has 3 rings (SSSR count). The molecular formula is C17H18N2O3. The summed E-state index contributed by atoms with van der Waals surface area (Å²) in [6.45, 7) is 1.93. The maximum atomic E-state index is 12.3. The number of rotatable bonds is 4. The van der Waals surface area contributed by atoms with Crippen molar-refractivity contribution < 1.29 is 14.0 Å². The summed E-state index contributed by atoms with van der Waals surface area (Å²) in [7, 11) is 0. The van der Waals surface area contributed by atoms with Crippen LogP contribution in [0, 0.1) is 0 Å². The van der Waals surface area contributed by atoms with Crippen molar-refractivity contribution in [3.8, 4) is 0 Å². The number of hydrogen-bond acceptors (Lipinski definition) is 3. The molecule has 1 aliphatic rings. The predicted molar refractivity (Wildman–Crippen MR) is 81.5 cm³/mol. The average Bonchev–Trinajstić information content (AvgIpc) is 3.25. The summed E-state index contributed by atoms with van der Waals surface area (Å²) in [5, 5.41) is 2.78. The summed E-state index contributed by atoms with van der Waals surface area (Å²) in [6, 6.07) is 10.4. The van der Waals surface area contributed by atoms with E-state index in [0.29, 0.717) is 23.4 Å². The quantitative estimate of drug-likeness (QED) is 0.943. The smallest absolute Gasteiger partial charge is 0.253 e. The highest BCUT2D eigenvalue weighted by Gasteiger charge is 2.20. The van der Waals surface area contributed by atoms with Gasteiger partial charge in [-0.1, -0.05) is 6.07 Å². The Morgan fingerprint density at radius 3 is 2.59 bits per heavy atom. The van der Waals surface area contributed by atoms with Crippen LogP contribution < -0.4 is 5.32 Å². The summed E-state index contributed by atoms with van der Waals surface area (Å²) >= 11 is 0. The third kappa shape index (κ3) is 3.19. The first-order chi connectivity index (χ1) is 10.7. The molecule has 0 saturated carbocycles. The molecule has 2 amide bonds. The molecule has 5 nitrogen and oxygen atoms in total. The van der Waals surface area contributed by atoms with Gasteiger partial charge in [0.1, 0.15) is 5.76 Å². The standard InChI is InChI=1S/C17H18N2O3/c20-16(18-12-15-7-4-10-22-15)13-5-3-6-14(11-13)17(21)19-8-1-2-9-19/h3-7,10-11H,1-2,8-9,12H2,(H,18,20). The molecule has 2 aromatic rings. The van der Waals surface area contributed by atoms with E-state index in [1.807, 2.05) is 4.90 Å². The highest BCUT2D eigenvalue weighted by atomic mass is 16.3. The molecule has 1 aliphatic heterocycles. The number of nitrogens with one attached hydrogen (secondary N) is 1. The topological polar surface area (TPSA) is 62.6 Å². The van der Waals surface area contributed by atoms with Gasteiger partial charge >= 0.3 is 0 Å². The second-order valence-electron chi connectivity index (χ2n) is 5.34. The molecule has 0 spiro atoms. The lowest BCUT2D eigenvalue weighted by Gasteiger charge is -2.15. The first-order valence-corrected chi connectivity index (χ1v) is 7.44. The van der Waals surface area contributed by atoms with Crippen molar-refractivity contribution in [2.75, 3.05) is 13.1 Å². The van der Waals surface area contributed by atoms with Crippen molar-refractivity contribution in [2.24, 2.45) is 0 Å². The van der Waals surface area contributed by atoms with Gasteiger partial charge in [0.05, 0.1) is 12.8 Å². The Labute approximate surface area is 128 Å². The fourth-order valence-corrected chi connectivity index (χ4v) is 2.58. The minimum atomic E-state index is -0.215. The van der Waals surface area contributed by atoms with Crippen molar-refractivity contribution in [1.29, 1.82) is 0 Å². The third-order valence-electron chi connectivity index (χ3n) is 3.77. The number of likely N-dealkylation sites (tertiary alicyclic amines) is 1. The first kappa shape index (κ1) is 14.4. The Kier molecular flexibility index (Phi) is 4.23. The number of furan rings is 1. The van der Waals surface area contributed by atoms with Crippen molar-refractivity contribution in [3.05, 3.63) is 59.5 Å². The van der Waals surface area contributed by atoms with Gasteiger partial charge in [-0.2, -0.15) is 0 Å². The molecule has 1 N–H and O–H groups in total. The molecule has 114 valence electrons. The van der Waals surface area contributed by atoms with Gasteiger partial charge in [-0.3, -0.25) is 9.59 Å². The lowest BCUT2D eigenvalue weighted by atomic mass is 10.1. The van der Waals surface area contributed by atoms with Crippen LogP contribution in [0.5, 0.6) is 0 Å². The maximum absolute atomic E-state index is 12.3. The predicted octanol–water partition coefficient (Wildman–Crippen LogP) is 2.45. The van der Waals surface area contributed by atoms with Gasteiger partial charge in [0, 0.05) is 24.2 Å². The summed E-state index contributed by atoms with van der Waals surface area (Å²) in [5.41, 5.74) is 1.05. The summed E-state index contributed by atoms with van der Waals surface area (Å²) in [4.78, 5) is 26.3. The summed E-state index contributed by atoms with van der Waals surface area (Å²) in [6.07, 6.45) is 3.67. The van der Waals surface area contributed by atoms with E-state index in [4.69, 9.17) is 4.42 Å². The van der Waals surface area contributed by atoms with Crippen LogP contribution in [0.1, 0.15) is 39.3 Å². The molecule has 0 unspecified atom stereocenters. The number of carbonyl (C=O) groups is 2. The minimum Gasteiger partial charge on any atom is -0.467 e. The highest BCUT2D eigenvalue weighted by molar-refractivity contribution is 5.99. The highest BCUT2D eigenvalue weighted by Crippen LogP contribution is 2.14. The van der Waals surface area contributed by atoms with Crippen LogP contribution in [0.15, 0.2) is 47.1 Å². The molecule has 1 aromatic carbocycles. The van der Waals surface area contributed by atoms with E-state index in [2.05, 4.69) is 5.32 Å². The number of carbonyl (C=O) groups excluding carboxylic acids is 2. The van der Waals surface area contributed by atoms with Gasteiger partial charge in [-0.05, 0) is 43.2 Å². The van der Waals surface area contributed by atoms with Gasteiger partial charge in [-0.25, -0.2) is 0 Å². The van der Waals surface area contributed by atoms with E-state index >= 15 is 0 Å². The Bertz CT molecular complexity index is 658. The van der Waals surface area contributed by atoms with Crippen LogP contribution >= 0.6 is 0 Å². The van der Waals surface area contributed by atoms with E-state index in [-0.39, 0.29) is 11.8 Å². The van der Waals surface area contributed by atoms with Gasteiger partial charge < -0.3 is 14.6 Å². The molecule has 2 heterocycles. The first-order valence-electron chi connectivity index (χ1n) is 7.44. The molecule has 0 atom stereocenters. The molecule has 1 fully saturated rings. The van der Waals surface area contributed by atoms with E-state index in [0.717, 1.165) is 25.9 Å². The zero-order chi connectivity index (χ0) is 15.4. The van der Waals surface area contributed by atoms with Crippen LogP contribution in [-0.4, -0.2) is 29.8 Å². The SMILES string of the molecule is O=C(NCc1ccco1)c1cccc(C(=O)N2CCCC2)c1. The summed E-state index contributed by atoms with van der Waals surface area (Å²) in [5.74, 6) is 0.475. The zero-order valence-electron chi connectivity index (χ0n) is 12.2. The monoisotopic (exact) mass is 298 g/mol. The fraction of sp³-hybridized carbons (Fsp3) is 0.294. The average molecular weight is 298 g/mol. The third-order valence-corrected chi connectivity index (χ3v) is 3.77.